The molecular weight excluding hydrogens is 317 g/mol. The van der Waals surface area contributed by atoms with Crippen LogP contribution < -0.4 is 0 Å². The lowest BCUT2D eigenvalue weighted by Crippen LogP contribution is -2.41. The molecule has 124 valence electrons. The van der Waals surface area contributed by atoms with E-state index in [4.69, 9.17) is 0 Å². The number of thiophene rings is 1. The van der Waals surface area contributed by atoms with E-state index in [1.165, 1.54) is 28.4 Å². The Morgan fingerprint density at radius 3 is 2.35 bits per heavy atom. The van der Waals surface area contributed by atoms with Gasteiger partial charge in [-0.15, -0.1) is 11.3 Å². The van der Waals surface area contributed by atoms with Crippen LogP contribution in [-0.2, 0) is 0 Å². The molecule has 23 heavy (non-hydrogen) atoms. The minimum absolute atomic E-state index is 0.170. The monoisotopic (exact) mass is 337 g/mol. The van der Waals surface area contributed by atoms with E-state index in [2.05, 4.69) is 0 Å². The lowest BCUT2D eigenvalue weighted by molar-refractivity contribution is 0.0368. The smallest absolute Gasteiger partial charge is 0.263 e. The van der Waals surface area contributed by atoms with Gasteiger partial charge in [0.1, 0.15) is 5.82 Å². The number of rotatable bonds is 6. The summed E-state index contributed by atoms with van der Waals surface area (Å²) in [6.07, 6.45) is 0. The molecule has 4 nitrogen and oxygen atoms in total. The van der Waals surface area contributed by atoms with Crippen LogP contribution in [0.2, 0.25) is 0 Å². The molecule has 1 amide bonds. The molecule has 2 aromatic rings. The number of amides is 1. The largest absolute Gasteiger partial charge is 0.396 e. The summed E-state index contributed by atoms with van der Waals surface area (Å²) >= 11 is 1.33. The Bertz CT molecular complexity index is 665. The van der Waals surface area contributed by atoms with Crippen LogP contribution in [0.3, 0.4) is 0 Å². The number of benzene rings is 1. The van der Waals surface area contributed by atoms with Crippen LogP contribution in [0.4, 0.5) is 4.39 Å². The zero-order chi connectivity index (χ0) is 17.0. The highest BCUT2D eigenvalue weighted by atomic mass is 32.1. The molecule has 0 aliphatic heterocycles. The van der Waals surface area contributed by atoms with Gasteiger partial charge in [-0.05, 0) is 29.8 Å². The predicted octanol–water partition coefficient (Wildman–Crippen LogP) is 2.62. The molecule has 0 radical (unpaired) electrons. The summed E-state index contributed by atoms with van der Waals surface area (Å²) in [5.74, 6) is -0.467. The minimum atomic E-state index is -0.735. The van der Waals surface area contributed by atoms with E-state index in [0.717, 1.165) is 10.4 Å². The van der Waals surface area contributed by atoms with Gasteiger partial charge in [0.2, 0.25) is 0 Å². The maximum absolute atomic E-state index is 13.0. The Morgan fingerprint density at radius 2 is 1.78 bits per heavy atom. The van der Waals surface area contributed by atoms with Crippen LogP contribution in [0, 0.1) is 11.2 Å². The summed E-state index contributed by atoms with van der Waals surface area (Å²) in [6.45, 7) is 1.57. The highest BCUT2D eigenvalue weighted by Crippen LogP contribution is 2.29. The van der Waals surface area contributed by atoms with Crippen molar-refractivity contribution < 1.29 is 19.4 Å². The number of aliphatic hydroxyl groups is 2. The summed E-state index contributed by atoms with van der Waals surface area (Å²) in [6, 6.07) is 9.68. The SMILES string of the molecule is CN(CC(C)(CO)CO)C(=O)c1ccc(-c2ccc(F)cc2)s1. The van der Waals surface area contributed by atoms with Gasteiger partial charge < -0.3 is 15.1 Å². The summed E-state index contributed by atoms with van der Waals surface area (Å²) in [5.41, 5.74) is 0.121. The third-order valence-corrected chi connectivity index (χ3v) is 4.80. The van der Waals surface area contributed by atoms with Gasteiger partial charge in [-0.1, -0.05) is 19.1 Å². The average Bonchev–Trinajstić information content (AvgIpc) is 3.04. The first-order valence-electron chi connectivity index (χ1n) is 7.21. The van der Waals surface area contributed by atoms with Gasteiger partial charge in [0.05, 0.1) is 18.1 Å². The first kappa shape index (κ1) is 17.6. The molecule has 1 aromatic carbocycles. The first-order chi connectivity index (χ1) is 10.9. The number of carbonyl (C=O) groups excluding carboxylic acids is 1. The molecule has 0 bridgehead atoms. The molecule has 0 aliphatic carbocycles. The van der Waals surface area contributed by atoms with Crippen LogP contribution in [-0.4, -0.2) is 47.8 Å². The second kappa shape index (κ2) is 7.21. The van der Waals surface area contributed by atoms with E-state index in [1.54, 1.807) is 32.2 Å². The predicted molar refractivity (Wildman–Crippen MR) is 89.0 cm³/mol. The van der Waals surface area contributed by atoms with E-state index >= 15 is 0 Å². The molecule has 0 fully saturated rings. The molecule has 0 aliphatic rings. The van der Waals surface area contributed by atoms with Gasteiger partial charge in [0, 0.05) is 23.9 Å². The van der Waals surface area contributed by atoms with Crippen LogP contribution in [0.15, 0.2) is 36.4 Å². The average molecular weight is 337 g/mol. The fourth-order valence-electron chi connectivity index (χ4n) is 2.20. The Labute approximate surface area is 138 Å². The van der Waals surface area contributed by atoms with Gasteiger partial charge in [0.15, 0.2) is 0 Å². The Morgan fingerprint density at radius 1 is 1.17 bits per heavy atom. The zero-order valence-electron chi connectivity index (χ0n) is 13.1. The third kappa shape index (κ3) is 4.16. The van der Waals surface area contributed by atoms with Crippen molar-refractivity contribution in [1.82, 2.24) is 4.90 Å². The minimum Gasteiger partial charge on any atom is -0.396 e. The fraction of sp³-hybridized carbons (Fsp3) is 0.353. The normalized spacial score (nSPS) is 11.5. The van der Waals surface area contributed by atoms with Gasteiger partial charge in [-0.3, -0.25) is 4.79 Å². The zero-order valence-corrected chi connectivity index (χ0v) is 13.9. The maximum Gasteiger partial charge on any atom is 0.263 e. The lowest BCUT2D eigenvalue weighted by atomic mass is 9.92. The van der Waals surface area contributed by atoms with Gasteiger partial charge in [-0.2, -0.15) is 0 Å². The molecule has 1 aromatic heterocycles. The van der Waals surface area contributed by atoms with Crippen molar-refractivity contribution in [3.05, 3.63) is 47.1 Å². The van der Waals surface area contributed by atoms with Gasteiger partial charge >= 0.3 is 0 Å². The standard InChI is InChI=1S/C17H20FNO3S/c1-17(10-20,11-21)9-19(2)16(22)15-8-7-14(23-15)12-3-5-13(18)6-4-12/h3-8,20-21H,9-11H2,1-2H3. The van der Waals surface area contributed by atoms with Crippen molar-refractivity contribution in [2.24, 2.45) is 5.41 Å². The number of hydrogen-bond donors (Lipinski definition) is 2. The molecule has 0 spiro atoms. The molecular formula is C17H20FNO3S. The molecule has 0 unspecified atom stereocenters. The quantitative estimate of drug-likeness (QED) is 0.852. The Balaban J connectivity index is 2.13. The second-order valence-corrected chi connectivity index (χ2v) is 7.04. The lowest BCUT2D eigenvalue weighted by Gasteiger charge is -2.30. The van der Waals surface area contributed by atoms with Gasteiger partial charge in [0.25, 0.3) is 5.91 Å². The van der Waals surface area contributed by atoms with E-state index in [0.29, 0.717) is 4.88 Å². The van der Waals surface area contributed by atoms with Crippen LogP contribution in [0.1, 0.15) is 16.6 Å². The fourth-order valence-corrected chi connectivity index (χ4v) is 3.21. The van der Waals surface area contributed by atoms with Crippen molar-refractivity contribution in [3.8, 4) is 10.4 Å². The van der Waals surface area contributed by atoms with E-state index < -0.39 is 5.41 Å². The number of halogens is 1. The molecule has 0 saturated carbocycles. The molecule has 6 heteroatoms. The Kier molecular flexibility index (Phi) is 5.51. The first-order valence-corrected chi connectivity index (χ1v) is 8.03. The summed E-state index contributed by atoms with van der Waals surface area (Å²) < 4.78 is 13.0. The molecule has 0 atom stereocenters. The van der Waals surface area contributed by atoms with Crippen molar-refractivity contribution in [2.75, 3.05) is 26.8 Å². The van der Waals surface area contributed by atoms with Crippen molar-refractivity contribution in [2.45, 2.75) is 6.92 Å². The highest BCUT2D eigenvalue weighted by molar-refractivity contribution is 7.17. The van der Waals surface area contributed by atoms with Crippen LogP contribution in [0.25, 0.3) is 10.4 Å². The van der Waals surface area contributed by atoms with Crippen LogP contribution >= 0.6 is 11.3 Å². The van der Waals surface area contributed by atoms with Crippen molar-refractivity contribution >= 4 is 17.2 Å². The van der Waals surface area contributed by atoms with Gasteiger partial charge in [-0.25, -0.2) is 4.39 Å². The third-order valence-electron chi connectivity index (χ3n) is 3.67. The summed E-state index contributed by atoms with van der Waals surface area (Å²) in [5, 5.41) is 18.7. The Hall–Kier alpha value is -1.76. The van der Waals surface area contributed by atoms with E-state index in [9.17, 15) is 19.4 Å². The van der Waals surface area contributed by atoms with E-state index in [-0.39, 0.29) is 31.5 Å². The van der Waals surface area contributed by atoms with Crippen molar-refractivity contribution in [1.29, 1.82) is 0 Å². The molecule has 1 heterocycles. The molecule has 2 rings (SSSR count). The number of aliphatic hydroxyl groups excluding tert-OH is 2. The summed E-state index contributed by atoms with van der Waals surface area (Å²) in [7, 11) is 1.64. The molecule has 0 saturated heterocycles. The number of nitrogens with zero attached hydrogens (tertiary/aromatic N) is 1. The second-order valence-electron chi connectivity index (χ2n) is 5.96. The van der Waals surface area contributed by atoms with E-state index in [1.807, 2.05) is 6.07 Å². The summed E-state index contributed by atoms with van der Waals surface area (Å²) in [4.78, 5) is 15.4. The van der Waals surface area contributed by atoms with Crippen LogP contribution in [0.5, 0.6) is 0 Å². The molecule has 2 N–H and O–H groups in total. The maximum atomic E-state index is 13.0. The number of carbonyl (C=O) groups is 1. The van der Waals surface area contributed by atoms with Crippen molar-refractivity contribution in [3.63, 3.8) is 0 Å². The number of hydrogen-bond acceptors (Lipinski definition) is 4. The topological polar surface area (TPSA) is 60.8 Å². The highest BCUT2D eigenvalue weighted by Gasteiger charge is 2.27.